The van der Waals surface area contributed by atoms with Gasteiger partial charge in [-0.15, -0.1) is 0 Å². The van der Waals surface area contributed by atoms with Crippen molar-refractivity contribution in [2.24, 2.45) is 5.92 Å². The van der Waals surface area contributed by atoms with Gasteiger partial charge in [0.1, 0.15) is 0 Å². The molecule has 2 aromatic rings. The summed E-state index contributed by atoms with van der Waals surface area (Å²) in [5.41, 5.74) is 4.24. The lowest BCUT2D eigenvalue weighted by Crippen LogP contribution is -2.31. The minimum absolute atomic E-state index is 0.0239. The van der Waals surface area contributed by atoms with E-state index in [1.807, 2.05) is 36.4 Å². The predicted molar refractivity (Wildman–Crippen MR) is 94.6 cm³/mol. The summed E-state index contributed by atoms with van der Waals surface area (Å²) in [6, 6.07) is 15.8. The maximum atomic E-state index is 12.4. The Kier molecular flexibility index (Phi) is 4.65. The Balaban J connectivity index is 1.63. The minimum Gasteiger partial charge on any atom is -0.349 e. The van der Waals surface area contributed by atoms with Crippen LogP contribution in [0.3, 0.4) is 0 Å². The highest BCUT2D eigenvalue weighted by Gasteiger charge is 2.29. The van der Waals surface area contributed by atoms with Crippen molar-refractivity contribution in [2.45, 2.75) is 32.7 Å². The lowest BCUT2D eigenvalue weighted by atomic mass is 10.0. The van der Waals surface area contributed by atoms with E-state index in [1.54, 1.807) is 0 Å². The summed E-state index contributed by atoms with van der Waals surface area (Å²) in [4.78, 5) is 23.4. The van der Waals surface area contributed by atoms with Gasteiger partial charge < -0.3 is 10.6 Å². The van der Waals surface area contributed by atoms with Gasteiger partial charge in [0.15, 0.2) is 0 Å². The Bertz CT molecular complexity index is 752. The molecule has 4 heteroatoms. The van der Waals surface area contributed by atoms with Crippen molar-refractivity contribution in [1.29, 1.82) is 0 Å². The molecule has 0 bridgehead atoms. The monoisotopic (exact) mass is 322 g/mol. The Morgan fingerprint density at radius 3 is 2.50 bits per heavy atom. The third-order valence-electron chi connectivity index (χ3n) is 4.46. The maximum Gasteiger partial charge on any atom is 0.224 e. The van der Waals surface area contributed by atoms with Crippen LogP contribution in [0.25, 0.3) is 0 Å². The van der Waals surface area contributed by atoms with Gasteiger partial charge in [0.25, 0.3) is 0 Å². The molecule has 2 N–H and O–H groups in total. The second-order valence-electron chi connectivity index (χ2n) is 6.48. The second kappa shape index (κ2) is 6.87. The van der Waals surface area contributed by atoms with Crippen molar-refractivity contribution in [2.75, 3.05) is 5.32 Å². The lowest BCUT2D eigenvalue weighted by Gasteiger charge is -2.19. The largest absolute Gasteiger partial charge is 0.349 e. The average Bonchev–Trinajstić information content (AvgIpc) is 2.85. The van der Waals surface area contributed by atoms with Crippen molar-refractivity contribution >= 4 is 17.5 Å². The van der Waals surface area contributed by atoms with Gasteiger partial charge in [-0.1, -0.05) is 43.3 Å². The molecule has 0 fully saturated rings. The first kappa shape index (κ1) is 16.2. The summed E-state index contributed by atoms with van der Waals surface area (Å²) in [6.45, 7) is 3.65. The second-order valence-corrected chi connectivity index (χ2v) is 6.48. The average molecular weight is 322 g/mol. The first-order chi connectivity index (χ1) is 11.5. The molecular formula is C20H22N2O2. The van der Waals surface area contributed by atoms with E-state index in [-0.39, 0.29) is 17.9 Å². The zero-order valence-electron chi connectivity index (χ0n) is 14.0. The molecule has 124 valence electrons. The van der Waals surface area contributed by atoms with Crippen LogP contribution in [0, 0.1) is 5.92 Å². The lowest BCUT2D eigenvalue weighted by molar-refractivity contribution is -0.121. The number of carbonyl (C=O) groups excluding carboxylic acids is 2. The number of nitrogens with one attached hydrogen (secondary N) is 2. The molecule has 1 aliphatic carbocycles. The molecule has 2 aromatic carbocycles. The SMILES string of the molecule is CC(=O)Nc1ccc(CC(=O)N[C@@H]2c3ccccc3C[C@H]2C)cc1. The molecule has 0 aromatic heterocycles. The molecule has 2 amide bonds. The van der Waals surface area contributed by atoms with Crippen LogP contribution in [0.5, 0.6) is 0 Å². The number of rotatable bonds is 4. The Hall–Kier alpha value is -2.62. The van der Waals surface area contributed by atoms with Crippen LogP contribution in [-0.2, 0) is 22.4 Å². The van der Waals surface area contributed by atoms with E-state index >= 15 is 0 Å². The van der Waals surface area contributed by atoms with Crippen LogP contribution in [0.4, 0.5) is 5.69 Å². The summed E-state index contributed by atoms with van der Waals surface area (Å²) in [5.74, 6) is 0.332. The highest BCUT2D eigenvalue weighted by Crippen LogP contribution is 2.35. The van der Waals surface area contributed by atoms with Gasteiger partial charge in [-0.2, -0.15) is 0 Å². The Morgan fingerprint density at radius 2 is 1.79 bits per heavy atom. The van der Waals surface area contributed by atoms with Crippen LogP contribution in [0.15, 0.2) is 48.5 Å². The molecule has 0 heterocycles. The molecule has 3 rings (SSSR count). The molecule has 0 saturated carbocycles. The molecule has 1 aliphatic rings. The quantitative estimate of drug-likeness (QED) is 0.908. The minimum atomic E-state index is -0.102. The van der Waals surface area contributed by atoms with Crippen molar-refractivity contribution < 1.29 is 9.59 Å². The fourth-order valence-corrected chi connectivity index (χ4v) is 3.33. The van der Waals surface area contributed by atoms with Crippen LogP contribution >= 0.6 is 0 Å². The number of hydrogen-bond donors (Lipinski definition) is 2. The van der Waals surface area contributed by atoms with Gasteiger partial charge in [0.05, 0.1) is 12.5 Å². The zero-order valence-corrected chi connectivity index (χ0v) is 14.0. The van der Waals surface area contributed by atoms with E-state index < -0.39 is 0 Å². The smallest absolute Gasteiger partial charge is 0.224 e. The molecule has 0 saturated heterocycles. The molecule has 4 nitrogen and oxygen atoms in total. The van der Waals surface area contributed by atoms with E-state index in [0.29, 0.717) is 12.3 Å². The van der Waals surface area contributed by atoms with Crippen LogP contribution < -0.4 is 10.6 Å². The normalized spacial score (nSPS) is 18.8. The van der Waals surface area contributed by atoms with Crippen molar-refractivity contribution in [3.05, 3.63) is 65.2 Å². The van der Waals surface area contributed by atoms with E-state index in [0.717, 1.165) is 17.7 Å². The molecule has 0 spiro atoms. The van der Waals surface area contributed by atoms with Gasteiger partial charge in [-0.05, 0) is 41.2 Å². The van der Waals surface area contributed by atoms with Gasteiger partial charge in [-0.25, -0.2) is 0 Å². The number of fused-ring (bicyclic) bond motifs is 1. The summed E-state index contributed by atoms with van der Waals surface area (Å²) in [7, 11) is 0. The molecule has 0 radical (unpaired) electrons. The van der Waals surface area contributed by atoms with Crippen LogP contribution in [0.2, 0.25) is 0 Å². The molecule has 24 heavy (non-hydrogen) atoms. The zero-order chi connectivity index (χ0) is 17.1. The third-order valence-corrected chi connectivity index (χ3v) is 4.46. The van der Waals surface area contributed by atoms with Crippen molar-refractivity contribution in [3.63, 3.8) is 0 Å². The van der Waals surface area contributed by atoms with Crippen LogP contribution in [0.1, 0.15) is 36.6 Å². The molecule has 0 aliphatic heterocycles. The number of benzene rings is 2. The fourth-order valence-electron chi connectivity index (χ4n) is 3.33. The predicted octanol–water partition coefficient (Wildman–Crippen LogP) is 3.24. The van der Waals surface area contributed by atoms with Crippen LogP contribution in [-0.4, -0.2) is 11.8 Å². The molecule has 0 unspecified atom stereocenters. The highest BCUT2D eigenvalue weighted by atomic mass is 16.2. The Labute approximate surface area is 142 Å². The molecule has 2 atom stereocenters. The van der Waals surface area contributed by atoms with E-state index in [2.05, 4.69) is 29.7 Å². The van der Waals surface area contributed by atoms with Gasteiger partial charge >= 0.3 is 0 Å². The fraction of sp³-hybridized carbons (Fsp3) is 0.300. The van der Waals surface area contributed by atoms with E-state index in [1.165, 1.54) is 18.1 Å². The van der Waals surface area contributed by atoms with Gasteiger partial charge in [0, 0.05) is 12.6 Å². The summed E-state index contributed by atoms with van der Waals surface area (Å²) in [6.07, 6.45) is 1.35. The number of hydrogen-bond acceptors (Lipinski definition) is 2. The van der Waals surface area contributed by atoms with Crippen molar-refractivity contribution in [1.82, 2.24) is 5.32 Å². The Morgan fingerprint density at radius 1 is 1.08 bits per heavy atom. The topological polar surface area (TPSA) is 58.2 Å². The maximum absolute atomic E-state index is 12.4. The molecular weight excluding hydrogens is 300 g/mol. The van der Waals surface area contributed by atoms with Crippen molar-refractivity contribution in [3.8, 4) is 0 Å². The highest BCUT2D eigenvalue weighted by molar-refractivity contribution is 5.88. The number of carbonyl (C=O) groups is 2. The number of amides is 2. The van der Waals surface area contributed by atoms with E-state index in [4.69, 9.17) is 0 Å². The third kappa shape index (κ3) is 3.65. The standard InChI is InChI=1S/C20H22N2O2/c1-13-11-16-5-3-4-6-18(16)20(13)22-19(24)12-15-7-9-17(10-8-15)21-14(2)23/h3-10,13,20H,11-12H2,1-2H3,(H,21,23)(H,22,24)/t13-,20+/m1/s1. The first-order valence-corrected chi connectivity index (χ1v) is 8.26. The first-order valence-electron chi connectivity index (χ1n) is 8.26. The summed E-state index contributed by atoms with van der Waals surface area (Å²) < 4.78 is 0. The summed E-state index contributed by atoms with van der Waals surface area (Å²) >= 11 is 0. The summed E-state index contributed by atoms with van der Waals surface area (Å²) in [5, 5.41) is 5.89. The number of anilines is 1. The van der Waals surface area contributed by atoms with Gasteiger partial charge in [0.2, 0.25) is 11.8 Å². The van der Waals surface area contributed by atoms with Gasteiger partial charge in [-0.3, -0.25) is 9.59 Å². The van der Waals surface area contributed by atoms with E-state index in [9.17, 15) is 9.59 Å².